The van der Waals surface area contributed by atoms with Crippen LogP contribution in [0.3, 0.4) is 0 Å². The Balaban J connectivity index is 0.977. The van der Waals surface area contributed by atoms with Gasteiger partial charge in [-0.1, -0.05) is 208 Å². The third kappa shape index (κ3) is 6.58. The Bertz CT molecular complexity index is 3130. The van der Waals surface area contributed by atoms with Gasteiger partial charge in [-0.15, -0.1) is 0 Å². The van der Waals surface area contributed by atoms with Crippen molar-refractivity contribution in [1.29, 1.82) is 0 Å². The van der Waals surface area contributed by atoms with E-state index in [2.05, 4.69) is 249 Å². The zero-order chi connectivity index (χ0) is 41.6. The van der Waals surface area contributed by atoms with Crippen molar-refractivity contribution in [2.45, 2.75) is 31.6 Å². The first-order chi connectivity index (χ1) is 30.5. The van der Waals surface area contributed by atoms with Crippen molar-refractivity contribution in [2.24, 2.45) is 0 Å². The molecule has 1 atom stereocenters. The van der Waals surface area contributed by atoms with Crippen molar-refractivity contribution in [1.82, 2.24) is 0 Å². The number of nitrogens with zero attached hydrogens (tertiary/aromatic N) is 1. The van der Waals surface area contributed by atoms with Gasteiger partial charge in [0.2, 0.25) is 0 Å². The van der Waals surface area contributed by atoms with Gasteiger partial charge in [-0.05, 0) is 126 Å². The lowest BCUT2D eigenvalue weighted by molar-refractivity contribution is 0.658. The highest BCUT2D eigenvalue weighted by molar-refractivity contribution is 6.08. The average Bonchev–Trinajstić information content (AvgIpc) is 3.58. The maximum absolute atomic E-state index is 2.55. The summed E-state index contributed by atoms with van der Waals surface area (Å²) in [5, 5.41) is 2.52. The molecule has 0 heterocycles. The fraction of sp³-hybridized carbons (Fsp3) is 0.0820. The Morgan fingerprint density at radius 3 is 1.65 bits per heavy atom. The predicted molar refractivity (Wildman–Crippen MR) is 263 cm³/mol. The molecule has 0 saturated carbocycles. The first kappa shape index (κ1) is 37.5. The standard InChI is InChI=1S/C61H47N/c1-61(2)59-26-12-11-22-55(59)56-24-14-25-57(60(56)61)58-41-48(33-40-54(58)45-17-7-4-8-18-45)44-29-36-50(37-30-44)62(49-34-27-43(28-35-49)42-15-5-3-6-16-42)51-38-31-47(32-39-51)53-23-13-20-46-19-9-10-21-52(46)53/h3-32,34-41,48H,33H2,1-2H3. The van der Waals surface area contributed by atoms with Crippen LogP contribution in [0.4, 0.5) is 17.1 Å². The van der Waals surface area contributed by atoms with Crippen LogP contribution in [0.1, 0.15) is 54.0 Å². The maximum Gasteiger partial charge on any atom is 0.0462 e. The third-order valence-corrected chi connectivity index (χ3v) is 13.2. The van der Waals surface area contributed by atoms with Gasteiger partial charge in [0.25, 0.3) is 0 Å². The second kappa shape index (κ2) is 15.5. The van der Waals surface area contributed by atoms with E-state index in [0.717, 1.165) is 23.5 Å². The molecule has 296 valence electrons. The second-order valence-corrected chi connectivity index (χ2v) is 17.2. The highest BCUT2D eigenvalue weighted by Gasteiger charge is 2.38. The van der Waals surface area contributed by atoms with Crippen molar-refractivity contribution in [3.8, 4) is 33.4 Å². The van der Waals surface area contributed by atoms with Crippen molar-refractivity contribution in [3.05, 3.63) is 258 Å². The monoisotopic (exact) mass is 793 g/mol. The number of benzene rings is 9. The van der Waals surface area contributed by atoms with Crippen LogP contribution in [0.5, 0.6) is 0 Å². The summed E-state index contributed by atoms with van der Waals surface area (Å²) in [6.07, 6.45) is 5.97. The van der Waals surface area contributed by atoms with Crippen molar-refractivity contribution in [3.63, 3.8) is 0 Å². The Morgan fingerprint density at radius 2 is 0.919 bits per heavy atom. The Labute approximate surface area is 365 Å². The number of allylic oxidation sites excluding steroid dienone is 4. The largest absolute Gasteiger partial charge is 0.311 e. The minimum Gasteiger partial charge on any atom is -0.311 e. The van der Waals surface area contributed by atoms with E-state index in [9.17, 15) is 0 Å². The predicted octanol–water partition coefficient (Wildman–Crippen LogP) is 16.6. The van der Waals surface area contributed by atoms with Gasteiger partial charge < -0.3 is 4.90 Å². The zero-order valence-corrected chi connectivity index (χ0v) is 35.2. The van der Waals surface area contributed by atoms with E-state index < -0.39 is 0 Å². The number of rotatable bonds is 8. The molecule has 9 aromatic rings. The SMILES string of the molecule is CC1(C)c2ccccc2-c2cccc(C3=CC(c4ccc(N(c5ccc(-c6ccccc6)cc5)c5ccc(-c6cccc7ccccc67)cc5)cc4)CC=C3c3ccccc3)c21. The van der Waals surface area contributed by atoms with Crippen LogP contribution in [-0.2, 0) is 5.41 Å². The minimum atomic E-state index is -0.115. The van der Waals surface area contributed by atoms with Crippen LogP contribution in [0.15, 0.2) is 231 Å². The van der Waals surface area contributed by atoms with Gasteiger partial charge in [0.1, 0.15) is 0 Å². The quantitative estimate of drug-likeness (QED) is 0.148. The fourth-order valence-corrected chi connectivity index (χ4v) is 10.2. The summed E-state index contributed by atoms with van der Waals surface area (Å²) in [4.78, 5) is 2.38. The van der Waals surface area contributed by atoms with Gasteiger partial charge in [-0.2, -0.15) is 0 Å². The summed E-state index contributed by atoms with van der Waals surface area (Å²) in [6.45, 7) is 4.79. The van der Waals surface area contributed by atoms with E-state index in [-0.39, 0.29) is 11.3 Å². The Hall–Kier alpha value is -7.48. The molecule has 9 aromatic carbocycles. The summed E-state index contributed by atoms with van der Waals surface area (Å²) >= 11 is 0. The molecule has 11 rings (SSSR count). The van der Waals surface area contributed by atoms with Gasteiger partial charge in [-0.3, -0.25) is 0 Å². The lowest BCUT2D eigenvalue weighted by Gasteiger charge is -2.29. The smallest absolute Gasteiger partial charge is 0.0462 e. The topological polar surface area (TPSA) is 3.24 Å². The number of hydrogen-bond acceptors (Lipinski definition) is 1. The summed E-state index contributed by atoms with van der Waals surface area (Å²) in [7, 11) is 0. The summed E-state index contributed by atoms with van der Waals surface area (Å²) in [5.74, 6) is 0.229. The molecule has 0 aromatic heterocycles. The van der Waals surface area contributed by atoms with E-state index >= 15 is 0 Å². The summed E-state index contributed by atoms with van der Waals surface area (Å²) < 4.78 is 0. The number of hydrogen-bond donors (Lipinski definition) is 0. The zero-order valence-electron chi connectivity index (χ0n) is 35.2. The molecule has 1 nitrogen and oxygen atoms in total. The van der Waals surface area contributed by atoms with E-state index in [1.807, 2.05) is 0 Å². The minimum absolute atomic E-state index is 0.115. The lowest BCUT2D eigenvalue weighted by Crippen LogP contribution is -2.18. The normalized spacial score (nSPS) is 15.0. The maximum atomic E-state index is 2.55. The number of fused-ring (bicyclic) bond motifs is 4. The molecule has 0 saturated heterocycles. The molecule has 0 aliphatic heterocycles. The van der Waals surface area contributed by atoms with Gasteiger partial charge in [0.05, 0.1) is 0 Å². The van der Waals surface area contributed by atoms with Crippen LogP contribution >= 0.6 is 0 Å². The molecule has 0 fully saturated rings. The summed E-state index contributed by atoms with van der Waals surface area (Å²) in [6, 6.07) is 80.0. The van der Waals surface area contributed by atoms with Gasteiger partial charge in [0.15, 0.2) is 0 Å². The van der Waals surface area contributed by atoms with Crippen molar-refractivity contribution < 1.29 is 0 Å². The van der Waals surface area contributed by atoms with Gasteiger partial charge in [-0.25, -0.2) is 0 Å². The first-order valence-corrected chi connectivity index (χ1v) is 21.9. The van der Waals surface area contributed by atoms with Crippen LogP contribution in [0.2, 0.25) is 0 Å². The molecule has 1 heteroatoms. The molecule has 2 aliphatic carbocycles. The van der Waals surface area contributed by atoms with Crippen molar-refractivity contribution >= 4 is 39.0 Å². The second-order valence-electron chi connectivity index (χ2n) is 17.2. The molecule has 0 spiro atoms. The van der Waals surface area contributed by atoms with E-state index in [1.54, 1.807) is 0 Å². The Morgan fingerprint density at radius 1 is 0.403 bits per heavy atom. The van der Waals surface area contributed by atoms with E-state index in [0.29, 0.717) is 0 Å². The van der Waals surface area contributed by atoms with Crippen LogP contribution in [0, 0.1) is 0 Å². The van der Waals surface area contributed by atoms with Crippen molar-refractivity contribution in [2.75, 3.05) is 4.90 Å². The molecule has 0 bridgehead atoms. The van der Waals surface area contributed by atoms with Crippen LogP contribution in [-0.4, -0.2) is 0 Å². The average molecular weight is 794 g/mol. The molecule has 1 unspecified atom stereocenters. The highest BCUT2D eigenvalue weighted by Crippen LogP contribution is 2.53. The number of anilines is 3. The molecule has 62 heavy (non-hydrogen) atoms. The first-order valence-electron chi connectivity index (χ1n) is 21.9. The van der Waals surface area contributed by atoms with Gasteiger partial charge >= 0.3 is 0 Å². The lowest BCUT2D eigenvalue weighted by atomic mass is 9.74. The molecule has 0 radical (unpaired) electrons. The van der Waals surface area contributed by atoms with E-state index in [1.165, 1.54) is 83.1 Å². The molecule has 0 amide bonds. The van der Waals surface area contributed by atoms with Gasteiger partial charge in [0, 0.05) is 28.4 Å². The molecule has 0 N–H and O–H groups in total. The highest BCUT2D eigenvalue weighted by atomic mass is 15.1. The van der Waals surface area contributed by atoms with Crippen LogP contribution in [0.25, 0.3) is 55.3 Å². The fourth-order valence-electron chi connectivity index (χ4n) is 10.2. The third-order valence-electron chi connectivity index (χ3n) is 13.2. The van der Waals surface area contributed by atoms with E-state index in [4.69, 9.17) is 0 Å². The Kier molecular flexibility index (Phi) is 9.39. The molecular weight excluding hydrogens is 747 g/mol. The molecular formula is C61H47N. The summed E-state index contributed by atoms with van der Waals surface area (Å²) in [5.41, 5.74) is 20.2. The molecule has 2 aliphatic rings. The van der Waals surface area contributed by atoms with Crippen LogP contribution < -0.4 is 4.90 Å².